The average Bonchev–Trinajstić information content (AvgIpc) is 2.75. The van der Waals surface area contributed by atoms with Gasteiger partial charge in [0.15, 0.2) is 5.78 Å². The molecule has 3 nitrogen and oxygen atoms in total. The maximum Gasteiger partial charge on any atom is 0.305 e. The second kappa shape index (κ2) is 8.46. The van der Waals surface area contributed by atoms with Gasteiger partial charge in [0.1, 0.15) is 0 Å². The van der Waals surface area contributed by atoms with E-state index in [0.29, 0.717) is 6.42 Å². The van der Waals surface area contributed by atoms with Gasteiger partial charge in [-0.15, -0.1) is 0 Å². The van der Waals surface area contributed by atoms with Crippen LogP contribution in [0.25, 0.3) is 0 Å². The van der Waals surface area contributed by atoms with E-state index in [1.54, 1.807) is 6.08 Å². The van der Waals surface area contributed by atoms with Crippen LogP contribution in [0, 0.1) is 5.92 Å². The number of allylic oxidation sites excluding steroid dienone is 6. The Bertz CT molecular complexity index is 402. The maximum absolute atomic E-state index is 11.6. The SMILES string of the molecule is CC/C=C1/C(=O)C=C[C@@H]1C/C=C\CCCC(=O)OC. The smallest absolute Gasteiger partial charge is 0.305 e. The Morgan fingerprint density at radius 2 is 2.21 bits per heavy atom. The highest BCUT2D eigenvalue weighted by atomic mass is 16.5. The van der Waals surface area contributed by atoms with Crippen LogP contribution in [0.15, 0.2) is 36.0 Å². The van der Waals surface area contributed by atoms with Gasteiger partial charge in [0.25, 0.3) is 0 Å². The standard InChI is InChI=1S/C16H22O3/c1-3-8-14-13(11-12-15(14)17)9-6-4-5-7-10-16(18)19-2/h4,6,8,11-13H,3,5,7,9-10H2,1-2H3/b6-4-,14-8+/t13-/m0/s1. The number of ketones is 1. The van der Waals surface area contributed by atoms with Crippen molar-refractivity contribution in [1.29, 1.82) is 0 Å². The Morgan fingerprint density at radius 1 is 1.42 bits per heavy atom. The van der Waals surface area contributed by atoms with Crippen LogP contribution in [0.3, 0.4) is 0 Å². The minimum Gasteiger partial charge on any atom is -0.469 e. The van der Waals surface area contributed by atoms with E-state index in [2.05, 4.69) is 16.9 Å². The lowest BCUT2D eigenvalue weighted by atomic mass is 9.97. The summed E-state index contributed by atoms with van der Waals surface area (Å²) in [6, 6.07) is 0. The molecule has 1 aliphatic carbocycles. The molecular weight excluding hydrogens is 240 g/mol. The van der Waals surface area contributed by atoms with Crippen molar-refractivity contribution >= 4 is 11.8 Å². The molecule has 1 aliphatic rings. The number of methoxy groups -OCH3 is 1. The minimum atomic E-state index is -0.161. The van der Waals surface area contributed by atoms with Gasteiger partial charge >= 0.3 is 5.97 Å². The number of ether oxygens (including phenoxy) is 1. The van der Waals surface area contributed by atoms with Crippen molar-refractivity contribution in [1.82, 2.24) is 0 Å². The fourth-order valence-corrected chi connectivity index (χ4v) is 2.09. The zero-order valence-corrected chi connectivity index (χ0v) is 11.7. The molecule has 0 bridgehead atoms. The van der Waals surface area contributed by atoms with Crippen LogP contribution in [-0.4, -0.2) is 18.9 Å². The summed E-state index contributed by atoms with van der Waals surface area (Å²) in [4.78, 5) is 22.5. The number of esters is 1. The molecule has 0 fully saturated rings. The monoisotopic (exact) mass is 262 g/mol. The van der Waals surface area contributed by atoms with Gasteiger partial charge in [-0.3, -0.25) is 9.59 Å². The molecule has 0 amide bonds. The van der Waals surface area contributed by atoms with Gasteiger partial charge in [-0.1, -0.05) is 31.2 Å². The molecular formula is C16H22O3. The highest BCUT2D eigenvalue weighted by Crippen LogP contribution is 2.25. The first-order valence-corrected chi connectivity index (χ1v) is 6.83. The molecule has 104 valence electrons. The van der Waals surface area contributed by atoms with Crippen molar-refractivity contribution in [2.75, 3.05) is 7.11 Å². The van der Waals surface area contributed by atoms with E-state index in [9.17, 15) is 9.59 Å². The van der Waals surface area contributed by atoms with Crippen LogP contribution in [0.5, 0.6) is 0 Å². The van der Waals surface area contributed by atoms with Crippen LogP contribution in [0.2, 0.25) is 0 Å². The molecule has 0 aromatic carbocycles. The molecule has 19 heavy (non-hydrogen) atoms. The number of hydrogen-bond acceptors (Lipinski definition) is 3. The predicted octanol–water partition coefficient (Wildman–Crippen LogP) is 3.37. The van der Waals surface area contributed by atoms with Crippen LogP contribution < -0.4 is 0 Å². The van der Waals surface area contributed by atoms with Crippen LogP contribution in [-0.2, 0) is 14.3 Å². The number of carbonyl (C=O) groups is 2. The van der Waals surface area contributed by atoms with Gasteiger partial charge < -0.3 is 4.74 Å². The summed E-state index contributed by atoms with van der Waals surface area (Å²) in [6.07, 6.45) is 13.7. The van der Waals surface area contributed by atoms with Gasteiger partial charge in [0, 0.05) is 17.9 Å². The van der Waals surface area contributed by atoms with Gasteiger partial charge in [0.05, 0.1) is 7.11 Å². The lowest BCUT2D eigenvalue weighted by molar-refractivity contribution is -0.140. The van der Waals surface area contributed by atoms with E-state index in [-0.39, 0.29) is 17.7 Å². The summed E-state index contributed by atoms with van der Waals surface area (Å²) in [6.45, 7) is 2.04. The van der Waals surface area contributed by atoms with Crippen molar-refractivity contribution in [3.8, 4) is 0 Å². The Balaban J connectivity index is 2.28. The maximum atomic E-state index is 11.6. The number of carbonyl (C=O) groups excluding carboxylic acids is 2. The summed E-state index contributed by atoms with van der Waals surface area (Å²) < 4.78 is 4.57. The number of unbranched alkanes of at least 4 members (excludes halogenated alkanes) is 1. The molecule has 0 aliphatic heterocycles. The molecule has 0 spiro atoms. The number of hydrogen-bond donors (Lipinski definition) is 0. The van der Waals surface area contributed by atoms with Gasteiger partial charge in [0.2, 0.25) is 0 Å². The zero-order chi connectivity index (χ0) is 14.1. The molecule has 0 N–H and O–H groups in total. The van der Waals surface area contributed by atoms with Crippen molar-refractivity contribution < 1.29 is 14.3 Å². The quantitative estimate of drug-likeness (QED) is 0.306. The third kappa shape index (κ3) is 5.25. The van der Waals surface area contributed by atoms with Gasteiger partial charge in [-0.25, -0.2) is 0 Å². The largest absolute Gasteiger partial charge is 0.469 e. The fourth-order valence-electron chi connectivity index (χ4n) is 2.09. The summed E-state index contributed by atoms with van der Waals surface area (Å²) >= 11 is 0. The molecule has 0 heterocycles. The van der Waals surface area contributed by atoms with Crippen molar-refractivity contribution in [3.05, 3.63) is 36.0 Å². The fraction of sp³-hybridized carbons (Fsp3) is 0.500. The molecule has 3 heteroatoms. The molecule has 0 unspecified atom stereocenters. The van der Waals surface area contributed by atoms with Gasteiger partial charge in [-0.2, -0.15) is 0 Å². The first-order valence-electron chi connectivity index (χ1n) is 6.83. The average molecular weight is 262 g/mol. The van der Waals surface area contributed by atoms with E-state index in [4.69, 9.17) is 0 Å². The van der Waals surface area contributed by atoms with E-state index in [1.807, 2.05) is 19.1 Å². The summed E-state index contributed by atoms with van der Waals surface area (Å²) in [5.41, 5.74) is 0.918. The molecule has 0 aromatic rings. The van der Waals surface area contributed by atoms with E-state index in [0.717, 1.165) is 31.3 Å². The van der Waals surface area contributed by atoms with Crippen molar-refractivity contribution in [3.63, 3.8) is 0 Å². The number of rotatable bonds is 7. The van der Waals surface area contributed by atoms with E-state index < -0.39 is 0 Å². The summed E-state index contributed by atoms with van der Waals surface area (Å²) in [7, 11) is 1.41. The second-order valence-corrected chi connectivity index (χ2v) is 4.57. The molecule has 1 rings (SSSR count). The van der Waals surface area contributed by atoms with Crippen molar-refractivity contribution in [2.24, 2.45) is 5.92 Å². The van der Waals surface area contributed by atoms with Crippen LogP contribution in [0.1, 0.15) is 39.0 Å². The highest BCUT2D eigenvalue weighted by Gasteiger charge is 2.20. The van der Waals surface area contributed by atoms with E-state index in [1.165, 1.54) is 7.11 Å². The normalized spacial score (nSPS) is 20.6. The highest BCUT2D eigenvalue weighted by molar-refractivity contribution is 6.07. The Hall–Kier alpha value is -1.64. The lowest BCUT2D eigenvalue weighted by Crippen LogP contribution is -2.01. The molecule has 0 aromatic heterocycles. The first kappa shape index (κ1) is 15.4. The molecule has 0 radical (unpaired) electrons. The molecule has 1 atom stereocenters. The lowest BCUT2D eigenvalue weighted by Gasteiger charge is -2.06. The predicted molar refractivity (Wildman–Crippen MR) is 75.6 cm³/mol. The zero-order valence-electron chi connectivity index (χ0n) is 11.7. The Morgan fingerprint density at radius 3 is 2.89 bits per heavy atom. The molecule has 0 saturated heterocycles. The third-order valence-electron chi connectivity index (χ3n) is 3.12. The minimum absolute atomic E-state index is 0.144. The summed E-state index contributed by atoms with van der Waals surface area (Å²) in [5.74, 6) is 0.209. The molecule has 0 saturated carbocycles. The third-order valence-corrected chi connectivity index (χ3v) is 3.12. The van der Waals surface area contributed by atoms with Gasteiger partial charge in [-0.05, 0) is 31.8 Å². The first-order chi connectivity index (χ1) is 9.19. The van der Waals surface area contributed by atoms with Crippen LogP contribution >= 0.6 is 0 Å². The summed E-state index contributed by atoms with van der Waals surface area (Å²) in [5, 5.41) is 0. The van der Waals surface area contributed by atoms with Crippen molar-refractivity contribution in [2.45, 2.75) is 39.0 Å². The Labute approximate surface area is 115 Å². The van der Waals surface area contributed by atoms with E-state index >= 15 is 0 Å². The topological polar surface area (TPSA) is 43.4 Å². The second-order valence-electron chi connectivity index (χ2n) is 4.57. The van der Waals surface area contributed by atoms with Crippen LogP contribution in [0.4, 0.5) is 0 Å². The Kier molecular flexibility index (Phi) is 6.86.